The maximum absolute atomic E-state index is 5.80. The van der Waals surface area contributed by atoms with Crippen molar-refractivity contribution >= 4 is 0 Å². The number of nitrogens with zero attached hydrogens (tertiary/aromatic N) is 1. The van der Waals surface area contributed by atoms with Gasteiger partial charge < -0.3 is 5.73 Å². The third-order valence-corrected chi connectivity index (χ3v) is 3.94. The average Bonchev–Trinajstić information content (AvgIpc) is 3.19. The van der Waals surface area contributed by atoms with Crippen LogP contribution in [0.3, 0.4) is 0 Å². The lowest BCUT2D eigenvalue weighted by atomic mass is 10.0. The smallest absolute Gasteiger partial charge is 0.0239 e. The highest BCUT2D eigenvalue weighted by Gasteiger charge is 2.33. The second kappa shape index (κ2) is 5.65. The first-order chi connectivity index (χ1) is 8.22. The number of rotatable bonds is 6. The SMILES string of the molecule is CC(CN)C(C)N(Cc1ccccc1)C1CC1. The number of hydrogen-bond donors (Lipinski definition) is 1. The fourth-order valence-electron chi connectivity index (χ4n) is 2.33. The molecule has 1 aromatic carbocycles. The van der Waals surface area contributed by atoms with Gasteiger partial charge in [-0.2, -0.15) is 0 Å². The van der Waals surface area contributed by atoms with Crippen LogP contribution in [0, 0.1) is 5.92 Å². The molecule has 1 aromatic rings. The van der Waals surface area contributed by atoms with Gasteiger partial charge in [-0.15, -0.1) is 0 Å². The highest BCUT2D eigenvalue weighted by Crippen LogP contribution is 2.31. The Bertz CT molecular complexity index is 332. The molecule has 2 unspecified atom stereocenters. The highest BCUT2D eigenvalue weighted by molar-refractivity contribution is 5.15. The summed E-state index contributed by atoms with van der Waals surface area (Å²) in [5, 5.41) is 0. The Balaban J connectivity index is 2.02. The molecule has 0 bridgehead atoms. The summed E-state index contributed by atoms with van der Waals surface area (Å²) in [7, 11) is 0. The first kappa shape index (κ1) is 12.6. The second-order valence-electron chi connectivity index (χ2n) is 5.34. The summed E-state index contributed by atoms with van der Waals surface area (Å²) < 4.78 is 0. The zero-order chi connectivity index (χ0) is 12.3. The molecular weight excluding hydrogens is 208 g/mol. The van der Waals surface area contributed by atoms with Crippen molar-refractivity contribution in [3.05, 3.63) is 35.9 Å². The molecule has 1 fully saturated rings. The Morgan fingerprint density at radius 3 is 2.41 bits per heavy atom. The van der Waals surface area contributed by atoms with Crippen molar-refractivity contribution in [3.63, 3.8) is 0 Å². The van der Waals surface area contributed by atoms with Crippen LogP contribution >= 0.6 is 0 Å². The summed E-state index contributed by atoms with van der Waals surface area (Å²) in [5.74, 6) is 0.569. The van der Waals surface area contributed by atoms with E-state index in [1.165, 1.54) is 18.4 Å². The summed E-state index contributed by atoms with van der Waals surface area (Å²) in [4.78, 5) is 2.63. The molecule has 2 N–H and O–H groups in total. The molecule has 17 heavy (non-hydrogen) atoms. The van der Waals surface area contributed by atoms with Gasteiger partial charge >= 0.3 is 0 Å². The third kappa shape index (κ3) is 3.30. The van der Waals surface area contributed by atoms with Gasteiger partial charge in [-0.3, -0.25) is 4.90 Å². The van der Waals surface area contributed by atoms with Gasteiger partial charge in [0, 0.05) is 18.6 Å². The Labute approximate surface area is 105 Å². The van der Waals surface area contributed by atoms with Crippen molar-refractivity contribution in [2.45, 2.75) is 45.3 Å². The Hall–Kier alpha value is -0.860. The van der Waals surface area contributed by atoms with Crippen LogP contribution in [-0.4, -0.2) is 23.5 Å². The summed E-state index contributed by atoms with van der Waals surface area (Å²) in [6.45, 7) is 6.42. The van der Waals surface area contributed by atoms with Crippen molar-refractivity contribution in [2.24, 2.45) is 11.7 Å². The molecule has 1 saturated carbocycles. The van der Waals surface area contributed by atoms with Crippen LogP contribution in [-0.2, 0) is 6.54 Å². The fraction of sp³-hybridized carbons (Fsp3) is 0.600. The predicted molar refractivity (Wildman–Crippen MR) is 72.7 cm³/mol. The van der Waals surface area contributed by atoms with E-state index in [2.05, 4.69) is 49.1 Å². The van der Waals surface area contributed by atoms with Gasteiger partial charge in [-0.05, 0) is 37.8 Å². The zero-order valence-corrected chi connectivity index (χ0v) is 11.0. The van der Waals surface area contributed by atoms with Crippen molar-refractivity contribution in [1.82, 2.24) is 4.90 Å². The topological polar surface area (TPSA) is 29.3 Å². The zero-order valence-electron chi connectivity index (χ0n) is 11.0. The molecule has 94 valence electrons. The monoisotopic (exact) mass is 232 g/mol. The van der Waals surface area contributed by atoms with E-state index in [0.717, 1.165) is 19.1 Å². The van der Waals surface area contributed by atoms with E-state index in [1.54, 1.807) is 0 Å². The normalized spacial score (nSPS) is 19.3. The Morgan fingerprint density at radius 2 is 1.88 bits per heavy atom. The minimum Gasteiger partial charge on any atom is -0.330 e. The highest BCUT2D eigenvalue weighted by atomic mass is 15.2. The number of benzene rings is 1. The van der Waals surface area contributed by atoms with E-state index >= 15 is 0 Å². The lowest BCUT2D eigenvalue weighted by Crippen LogP contribution is -2.41. The van der Waals surface area contributed by atoms with Gasteiger partial charge in [0.25, 0.3) is 0 Å². The van der Waals surface area contributed by atoms with Gasteiger partial charge in [0.15, 0.2) is 0 Å². The van der Waals surface area contributed by atoms with Gasteiger partial charge in [0.05, 0.1) is 0 Å². The van der Waals surface area contributed by atoms with Crippen LogP contribution in [0.25, 0.3) is 0 Å². The largest absolute Gasteiger partial charge is 0.330 e. The van der Waals surface area contributed by atoms with Crippen LogP contribution in [0.5, 0.6) is 0 Å². The minimum atomic E-state index is 0.569. The maximum atomic E-state index is 5.80. The molecule has 0 radical (unpaired) electrons. The average molecular weight is 232 g/mol. The first-order valence-corrected chi connectivity index (χ1v) is 6.72. The van der Waals surface area contributed by atoms with Crippen molar-refractivity contribution in [3.8, 4) is 0 Å². The molecule has 0 heterocycles. The molecule has 2 nitrogen and oxygen atoms in total. The quantitative estimate of drug-likeness (QED) is 0.817. The van der Waals surface area contributed by atoms with E-state index < -0.39 is 0 Å². The van der Waals surface area contributed by atoms with Gasteiger partial charge in [-0.25, -0.2) is 0 Å². The van der Waals surface area contributed by atoms with Crippen molar-refractivity contribution in [2.75, 3.05) is 6.54 Å². The standard InChI is InChI=1S/C15H24N2/c1-12(10-16)13(2)17(15-8-9-15)11-14-6-4-3-5-7-14/h3-7,12-13,15H,8-11,16H2,1-2H3. The summed E-state index contributed by atoms with van der Waals surface area (Å²) in [5.41, 5.74) is 7.21. The molecule has 0 saturated heterocycles. The molecule has 1 aliphatic carbocycles. The lowest BCUT2D eigenvalue weighted by molar-refractivity contribution is 0.146. The second-order valence-corrected chi connectivity index (χ2v) is 5.34. The summed E-state index contributed by atoms with van der Waals surface area (Å²) in [6.07, 6.45) is 2.71. The van der Waals surface area contributed by atoms with Crippen molar-refractivity contribution in [1.29, 1.82) is 0 Å². The molecular formula is C15H24N2. The van der Waals surface area contributed by atoms with Gasteiger partial charge in [0.2, 0.25) is 0 Å². The Kier molecular flexibility index (Phi) is 4.19. The molecule has 2 heteroatoms. The summed E-state index contributed by atoms with van der Waals surface area (Å²) in [6, 6.07) is 12.1. The third-order valence-electron chi connectivity index (χ3n) is 3.94. The molecule has 2 rings (SSSR count). The molecule has 0 amide bonds. The molecule has 0 spiro atoms. The summed E-state index contributed by atoms with van der Waals surface area (Å²) >= 11 is 0. The Morgan fingerprint density at radius 1 is 1.24 bits per heavy atom. The van der Waals surface area contributed by atoms with Crippen LogP contribution in [0.1, 0.15) is 32.3 Å². The van der Waals surface area contributed by atoms with Crippen LogP contribution in [0.15, 0.2) is 30.3 Å². The van der Waals surface area contributed by atoms with Gasteiger partial charge in [-0.1, -0.05) is 37.3 Å². The van der Waals surface area contributed by atoms with E-state index in [-0.39, 0.29) is 0 Å². The first-order valence-electron chi connectivity index (χ1n) is 6.72. The van der Waals surface area contributed by atoms with Crippen LogP contribution in [0.2, 0.25) is 0 Å². The van der Waals surface area contributed by atoms with E-state index in [9.17, 15) is 0 Å². The maximum Gasteiger partial charge on any atom is 0.0239 e. The van der Waals surface area contributed by atoms with E-state index in [4.69, 9.17) is 5.73 Å². The van der Waals surface area contributed by atoms with E-state index in [0.29, 0.717) is 12.0 Å². The predicted octanol–water partition coefficient (Wildman–Crippen LogP) is 2.63. The molecule has 0 aliphatic heterocycles. The fourth-order valence-corrected chi connectivity index (χ4v) is 2.33. The number of hydrogen-bond acceptors (Lipinski definition) is 2. The minimum absolute atomic E-state index is 0.569. The van der Waals surface area contributed by atoms with Gasteiger partial charge in [0.1, 0.15) is 0 Å². The molecule has 1 aliphatic rings. The van der Waals surface area contributed by atoms with E-state index in [1.807, 2.05) is 0 Å². The lowest BCUT2D eigenvalue weighted by Gasteiger charge is -2.33. The van der Waals surface area contributed by atoms with Crippen molar-refractivity contribution < 1.29 is 0 Å². The molecule has 0 aromatic heterocycles. The molecule has 2 atom stereocenters. The van der Waals surface area contributed by atoms with Crippen LogP contribution in [0.4, 0.5) is 0 Å². The van der Waals surface area contributed by atoms with Crippen LogP contribution < -0.4 is 5.73 Å². The number of nitrogens with two attached hydrogens (primary N) is 1.